The zero-order chi connectivity index (χ0) is 14.7. The maximum atomic E-state index is 12.2. The molecule has 0 heterocycles. The number of nitrogen functional groups attached to an aromatic ring is 1. The van der Waals surface area contributed by atoms with E-state index in [4.69, 9.17) is 33.7 Å². The molecule has 0 saturated heterocycles. The molecule has 0 spiro atoms. The van der Waals surface area contributed by atoms with Crippen LogP contribution < -0.4 is 15.8 Å². The standard InChI is InChI=1S/C14H12Cl2N2O2/c1-20-8-5-6-11(17)9(7-8)14(19)18-12-4-2-3-10(15)13(12)16/h2-7H,17H2,1H3,(H,18,19). The molecule has 6 heteroatoms. The predicted molar refractivity (Wildman–Crippen MR) is 81.8 cm³/mol. The van der Waals surface area contributed by atoms with Gasteiger partial charge in [0.15, 0.2) is 0 Å². The van der Waals surface area contributed by atoms with Crippen molar-refractivity contribution in [2.75, 3.05) is 18.2 Å². The second-order valence-electron chi connectivity index (χ2n) is 4.01. The Morgan fingerprint density at radius 1 is 1.25 bits per heavy atom. The first kappa shape index (κ1) is 14.5. The lowest BCUT2D eigenvalue weighted by Gasteiger charge is -2.10. The van der Waals surface area contributed by atoms with Crippen LogP contribution in [0.5, 0.6) is 5.75 Å². The Kier molecular flexibility index (Phi) is 4.37. The quantitative estimate of drug-likeness (QED) is 0.847. The number of hydrogen-bond acceptors (Lipinski definition) is 3. The van der Waals surface area contributed by atoms with Gasteiger partial charge in [-0.15, -0.1) is 0 Å². The molecule has 20 heavy (non-hydrogen) atoms. The molecule has 0 atom stereocenters. The van der Waals surface area contributed by atoms with Crippen molar-refractivity contribution >= 4 is 40.5 Å². The van der Waals surface area contributed by atoms with E-state index in [1.807, 2.05) is 0 Å². The van der Waals surface area contributed by atoms with Gasteiger partial charge in [0.05, 0.1) is 28.4 Å². The van der Waals surface area contributed by atoms with Crippen LogP contribution in [-0.4, -0.2) is 13.0 Å². The molecule has 1 amide bonds. The molecular formula is C14H12Cl2N2O2. The summed E-state index contributed by atoms with van der Waals surface area (Å²) >= 11 is 11.9. The van der Waals surface area contributed by atoms with Crippen LogP contribution in [0.3, 0.4) is 0 Å². The third-order valence-electron chi connectivity index (χ3n) is 2.70. The smallest absolute Gasteiger partial charge is 0.257 e. The molecule has 0 unspecified atom stereocenters. The fraction of sp³-hybridized carbons (Fsp3) is 0.0714. The van der Waals surface area contributed by atoms with Gasteiger partial charge in [-0.1, -0.05) is 29.3 Å². The van der Waals surface area contributed by atoms with Gasteiger partial charge in [-0.25, -0.2) is 0 Å². The number of carbonyl (C=O) groups is 1. The van der Waals surface area contributed by atoms with Crippen LogP contribution in [0.2, 0.25) is 10.0 Å². The van der Waals surface area contributed by atoms with E-state index in [1.54, 1.807) is 36.4 Å². The van der Waals surface area contributed by atoms with E-state index in [2.05, 4.69) is 5.32 Å². The summed E-state index contributed by atoms with van der Waals surface area (Å²) in [5.41, 5.74) is 6.87. The number of hydrogen-bond donors (Lipinski definition) is 2. The molecule has 0 radical (unpaired) electrons. The fourth-order valence-corrected chi connectivity index (χ4v) is 2.00. The average Bonchev–Trinajstić information content (AvgIpc) is 2.44. The lowest BCUT2D eigenvalue weighted by atomic mass is 10.1. The van der Waals surface area contributed by atoms with Gasteiger partial charge in [0.1, 0.15) is 5.75 Å². The molecular weight excluding hydrogens is 299 g/mol. The maximum absolute atomic E-state index is 12.2. The highest BCUT2D eigenvalue weighted by Crippen LogP contribution is 2.30. The van der Waals surface area contributed by atoms with E-state index in [9.17, 15) is 4.79 Å². The maximum Gasteiger partial charge on any atom is 0.257 e. The molecule has 2 rings (SSSR count). The number of amides is 1. The van der Waals surface area contributed by atoms with Crippen molar-refractivity contribution in [3.8, 4) is 5.75 Å². The van der Waals surface area contributed by atoms with Crippen LogP contribution in [0.4, 0.5) is 11.4 Å². The minimum absolute atomic E-state index is 0.281. The average molecular weight is 311 g/mol. The number of ether oxygens (including phenoxy) is 1. The number of halogens is 2. The van der Waals surface area contributed by atoms with E-state index in [0.717, 1.165) is 0 Å². The second kappa shape index (κ2) is 6.03. The van der Waals surface area contributed by atoms with E-state index in [0.29, 0.717) is 27.7 Å². The van der Waals surface area contributed by atoms with Gasteiger partial charge in [-0.05, 0) is 30.3 Å². The van der Waals surface area contributed by atoms with Crippen molar-refractivity contribution in [3.63, 3.8) is 0 Å². The largest absolute Gasteiger partial charge is 0.497 e. The van der Waals surface area contributed by atoms with Gasteiger partial charge in [0.25, 0.3) is 5.91 Å². The summed E-state index contributed by atoms with van der Waals surface area (Å²) in [5, 5.41) is 3.31. The lowest BCUT2D eigenvalue weighted by Crippen LogP contribution is -2.14. The van der Waals surface area contributed by atoms with Gasteiger partial charge in [-0.3, -0.25) is 4.79 Å². The van der Waals surface area contributed by atoms with Crippen molar-refractivity contribution in [1.82, 2.24) is 0 Å². The summed E-state index contributed by atoms with van der Waals surface area (Å²) < 4.78 is 5.07. The monoisotopic (exact) mass is 310 g/mol. The summed E-state index contributed by atoms with van der Waals surface area (Å²) in [4.78, 5) is 12.2. The summed E-state index contributed by atoms with van der Waals surface area (Å²) in [6.45, 7) is 0. The number of rotatable bonds is 3. The lowest BCUT2D eigenvalue weighted by molar-refractivity contribution is 0.102. The molecule has 2 aromatic rings. The van der Waals surface area contributed by atoms with Crippen LogP contribution in [0, 0.1) is 0 Å². The molecule has 2 aromatic carbocycles. The third kappa shape index (κ3) is 2.98. The minimum atomic E-state index is -0.384. The third-order valence-corrected chi connectivity index (χ3v) is 3.52. The number of anilines is 2. The Morgan fingerprint density at radius 3 is 2.70 bits per heavy atom. The van der Waals surface area contributed by atoms with E-state index >= 15 is 0 Å². The Hall–Kier alpha value is -1.91. The summed E-state index contributed by atoms with van der Waals surface area (Å²) in [5.74, 6) is 0.159. The van der Waals surface area contributed by atoms with Gasteiger partial charge in [0.2, 0.25) is 0 Å². The Morgan fingerprint density at radius 2 is 2.00 bits per heavy atom. The van der Waals surface area contributed by atoms with Crippen LogP contribution in [0.25, 0.3) is 0 Å². The molecule has 0 aliphatic rings. The molecule has 0 saturated carbocycles. The molecule has 0 fully saturated rings. The van der Waals surface area contributed by atoms with Crippen LogP contribution in [0.1, 0.15) is 10.4 Å². The second-order valence-corrected chi connectivity index (χ2v) is 4.79. The SMILES string of the molecule is COc1ccc(N)c(C(=O)Nc2cccc(Cl)c2Cl)c1. The van der Waals surface area contributed by atoms with Crippen molar-refractivity contribution in [2.24, 2.45) is 0 Å². The zero-order valence-electron chi connectivity index (χ0n) is 10.6. The first-order valence-electron chi connectivity index (χ1n) is 5.72. The van der Waals surface area contributed by atoms with Gasteiger partial charge in [-0.2, -0.15) is 0 Å². The van der Waals surface area contributed by atoms with E-state index in [-0.39, 0.29) is 10.9 Å². The molecule has 3 N–H and O–H groups in total. The summed E-state index contributed by atoms with van der Waals surface area (Å²) in [7, 11) is 1.51. The fourth-order valence-electron chi connectivity index (χ4n) is 1.65. The molecule has 0 aromatic heterocycles. The zero-order valence-corrected chi connectivity index (χ0v) is 12.1. The number of methoxy groups -OCH3 is 1. The predicted octanol–water partition coefficient (Wildman–Crippen LogP) is 3.84. The van der Waals surface area contributed by atoms with Gasteiger partial charge in [0, 0.05) is 5.69 Å². The van der Waals surface area contributed by atoms with E-state index < -0.39 is 0 Å². The Bertz CT molecular complexity index is 660. The Balaban J connectivity index is 2.30. The van der Waals surface area contributed by atoms with Crippen molar-refractivity contribution < 1.29 is 9.53 Å². The van der Waals surface area contributed by atoms with E-state index in [1.165, 1.54) is 7.11 Å². The van der Waals surface area contributed by atoms with Gasteiger partial charge >= 0.3 is 0 Å². The number of nitrogens with one attached hydrogen (secondary N) is 1. The van der Waals surface area contributed by atoms with Crippen LogP contribution in [0.15, 0.2) is 36.4 Å². The summed E-state index contributed by atoms with van der Waals surface area (Å²) in [6.07, 6.45) is 0. The summed E-state index contributed by atoms with van der Waals surface area (Å²) in [6, 6.07) is 9.83. The normalized spacial score (nSPS) is 10.2. The molecule has 0 aliphatic carbocycles. The highest BCUT2D eigenvalue weighted by molar-refractivity contribution is 6.44. The Labute approximate surface area is 126 Å². The first-order valence-corrected chi connectivity index (χ1v) is 6.47. The van der Waals surface area contributed by atoms with Crippen LogP contribution >= 0.6 is 23.2 Å². The molecule has 0 aliphatic heterocycles. The highest BCUT2D eigenvalue weighted by Gasteiger charge is 2.13. The minimum Gasteiger partial charge on any atom is -0.497 e. The molecule has 0 bridgehead atoms. The van der Waals surface area contributed by atoms with Crippen molar-refractivity contribution in [2.45, 2.75) is 0 Å². The van der Waals surface area contributed by atoms with Crippen molar-refractivity contribution in [1.29, 1.82) is 0 Å². The van der Waals surface area contributed by atoms with Crippen LogP contribution in [-0.2, 0) is 0 Å². The number of benzene rings is 2. The van der Waals surface area contributed by atoms with Crippen molar-refractivity contribution in [3.05, 3.63) is 52.0 Å². The van der Waals surface area contributed by atoms with Gasteiger partial charge < -0.3 is 15.8 Å². The first-order chi connectivity index (χ1) is 9.52. The number of nitrogens with two attached hydrogens (primary N) is 1. The molecule has 104 valence electrons. The number of carbonyl (C=O) groups excluding carboxylic acids is 1. The molecule has 4 nitrogen and oxygen atoms in total. The highest BCUT2D eigenvalue weighted by atomic mass is 35.5. The topological polar surface area (TPSA) is 64.3 Å².